The molecule has 1 aliphatic heterocycles. The zero-order chi connectivity index (χ0) is 48.4. The third-order valence-corrected chi connectivity index (χ3v) is 13.8. The number of carbonyl (C=O) groups is 1. The number of allylic oxidation sites excluding steroid dienone is 1. The summed E-state index contributed by atoms with van der Waals surface area (Å²) >= 11 is 0. The van der Waals surface area contributed by atoms with Crippen LogP contribution in [0.3, 0.4) is 0 Å². The average molecular weight is 962 g/mol. The fourth-order valence-electron chi connectivity index (χ4n) is 9.05. The highest BCUT2D eigenvalue weighted by molar-refractivity contribution is 7.80. The van der Waals surface area contributed by atoms with Crippen LogP contribution in [0.1, 0.15) is 264 Å². The highest BCUT2D eigenvalue weighted by Gasteiger charge is 2.48. The predicted octanol–water partition coefficient (Wildman–Crippen LogP) is 12.3. The highest BCUT2D eigenvalue weighted by Crippen LogP contribution is 2.26. The lowest BCUT2D eigenvalue weighted by Crippen LogP contribution is -2.61. The summed E-state index contributed by atoms with van der Waals surface area (Å²) < 4.78 is 47.8. The van der Waals surface area contributed by atoms with E-state index >= 15 is 0 Å². The molecular formula is C53H103NO11S. The number of nitrogens with one attached hydrogen (secondary N) is 1. The first-order chi connectivity index (χ1) is 32.0. The van der Waals surface area contributed by atoms with Crippen LogP contribution in [0.4, 0.5) is 0 Å². The standard InChI is InChI=1S/C53H103NO11S/c1-3-5-7-9-11-13-15-17-19-20-21-22-23-24-25-26-27-28-29-30-32-34-36-38-40-42-47(56)46(45-63-53-51(59)52(65-66(60,61)62)50(58)48(44-55)64-53)54-49(57)43-41-39-37-35-33-31-18-16-14-12-10-8-6-4-2/h40,42,46-48,50-53,55-56,58-59H,3-39,41,43-45H2,1-2H3,(H,54,57)(H,60,61,62)/b42-40+. The Hall–Kier alpha value is -1.16. The van der Waals surface area contributed by atoms with Crippen LogP contribution in [-0.4, -0.2) is 95.4 Å². The van der Waals surface area contributed by atoms with Crippen molar-refractivity contribution in [3.8, 4) is 0 Å². The molecule has 0 aliphatic carbocycles. The fraction of sp³-hybridized carbons (Fsp3) is 0.943. The van der Waals surface area contributed by atoms with Gasteiger partial charge in [0, 0.05) is 6.42 Å². The van der Waals surface area contributed by atoms with Crippen LogP contribution in [0.25, 0.3) is 0 Å². The molecular weight excluding hydrogens is 859 g/mol. The third kappa shape index (κ3) is 35.9. The van der Waals surface area contributed by atoms with Gasteiger partial charge in [0.05, 0.1) is 25.4 Å². The van der Waals surface area contributed by atoms with E-state index in [9.17, 15) is 38.2 Å². The van der Waals surface area contributed by atoms with Gasteiger partial charge >= 0.3 is 10.4 Å². The zero-order valence-corrected chi connectivity index (χ0v) is 43.1. The molecule has 1 saturated heterocycles. The second-order valence-electron chi connectivity index (χ2n) is 19.5. The smallest absolute Gasteiger partial charge is 0.394 e. The van der Waals surface area contributed by atoms with Crippen LogP contribution in [-0.2, 0) is 28.9 Å². The molecule has 13 heteroatoms. The van der Waals surface area contributed by atoms with Gasteiger partial charge in [0.25, 0.3) is 0 Å². The Kier molecular flexibility index (Phi) is 41.7. The van der Waals surface area contributed by atoms with Gasteiger partial charge in [0.15, 0.2) is 6.29 Å². The van der Waals surface area contributed by atoms with E-state index in [2.05, 4.69) is 23.3 Å². The minimum atomic E-state index is -5.08. The molecule has 1 fully saturated rings. The van der Waals surface area contributed by atoms with Crippen molar-refractivity contribution in [2.45, 2.75) is 307 Å². The zero-order valence-electron chi connectivity index (χ0n) is 42.3. The summed E-state index contributed by atoms with van der Waals surface area (Å²) in [4.78, 5) is 13.1. The Morgan fingerprint density at radius 1 is 0.591 bits per heavy atom. The minimum absolute atomic E-state index is 0.258. The molecule has 66 heavy (non-hydrogen) atoms. The summed E-state index contributed by atoms with van der Waals surface area (Å²) in [6.07, 6.45) is 42.6. The van der Waals surface area contributed by atoms with Gasteiger partial charge in [-0.15, -0.1) is 0 Å². The average Bonchev–Trinajstić information content (AvgIpc) is 3.29. The number of unbranched alkanes of at least 4 members (excludes halogenated alkanes) is 36. The van der Waals surface area contributed by atoms with Gasteiger partial charge in [-0.3, -0.25) is 9.35 Å². The number of carbonyl (C=O) groups excluding carboxylic acids is 1. The maximum Gasteiger partial charge on any atom is 0.397 e. The second-order valence-corrected chi connectivity index (χ2v) is 20.6. The van der Waals surface area contributed by atoms with Crippen LogP contribution in [0, 0.1) is 0 Å². The SMILES string of the molecule is CCCCCCCCCCCCCCCCCCCCCCCCC/C=C/C(O)C(COC1OC(CO)C(O)C(OS(=O)(=O)O)C1O)NC(=O)CCCCCCCCCCCCCCCC. The lowest BCUT2D eigenvalue weighted by Gasteiger charge is -2.41. The Morgan fingerprint density at radius 2 is 0.955 bits per heavy atom. The number of aliphatic hydroxyl groups is 4. The number of amides is 1. The Bertz CT molecular complexity index is 1220. The van der Waals surface area contributed by atoms with Crippen LogP contribution in [0.15, 0.2) is 12.2 Å². The molecule has 0 aromatic rings. The van der Waals surface area contributed by atoms with Gasteiger partial charge in [-0.2, -0.15) is 8.42 Å². The van der Waals surface area contributed by atoms with E-state index in [-0.39, 0.29) is 18.9 Å². The Balaban J connectivity index is 2.37. The van der Waals surface area contributed by atoms with Crippen molar-refractivity contribution in [2.75, 3.05) is 13.2 Å². The molecule has 1 aliphatic rings. The molecule has 7 unspecified atom stereocenters. The van der Waals surface area contributed by atoms with E-state index in [4.69, 9.17) is 9.47 Å². The third-order valence-electron chi connectivity index (χ3n) is 13.3. The lowest BCUT2D eigenvalue weighted by atomic mass is 9.99. The van der Waals surface area contributed by atoms with Gasteiger partial charge in [0.1, 0.15) is 24.4 Å². The predicted molar refractivity (Wildman–Crippen MR) is 269 cm³/mol. The van der Waals surface area contributed by atoms with Crippen LogP contribution in [0.5, 0.6) is 0 Å². The molecule has 1 rings (SSSR count). The first-order valence-electron chi connectivity index (χ1n) is 27.6. The van der Waals surface area contributed by atoms with Crippen molar-refractivity contribution in [3.63, 3.8) is 0 Å². The first kappa shape index (κ1) is 62.9. The molecule has 1 amide bonds. The van der Waals surface area contributed by atoms with Crippen LogP contribution in [0.2, 0.25) is 0 Å². The van der Waals surface area contributed by atoms with Gasteiger partial charge in [0.2, 0.25) is 5.91 Å². The summed E-state index contributed by atoms with van der Waals surface area (Å²) in [5.74, 6) is -0.258. The van der Waals surface area contributed by atoms with Gasteiger partial charge < -0.3 is 35.2 Å². The number of rotatable bonds is 48. The van der Waals surface area contributed by atoms with E-state index in [1.165, 1.54) is 199 Å². The number of hydrogen-bond acceptors (Lipinski definition) is 10. The van der Waals surface area contributed by atoms with E-state index < -0.39 is 59.9 Å². The molecule has 392 valence electrons. The maximum absolute atomic E-state index is 13.1. The van der Waals surface area contributed by atoms with Crippen LogP contribution < -0.4 is 5.32 Å². The summed E-state index contributed by atoms with van der Waals surface area (Å²) in [5.41, 5.74) is 0. The molecule has 7 atom stereocenters. The van der Waals surface area contributed by atoms with Gasteiger partial charge in [-0.25, -0.2) is 4.18 Å². The van der Waals surface area contributed by atoms with Crippen molar-refractivity contribution in [1.29, 1.82) is 0 Å². The topological polar surface area (TPSA) is 192 Å². The number of hydrogen-bond donors (Lipinski definition) is 6. The molecule has 12 nitrogen and oxygen atoms in total. The van der Waals surface area contributed by atoms with E-state index in [0.717, 1.165) is 38.5 Å². The Morgan fingerprint density at radius 3 is 1.32 bits per heavy atom. The van der Waals surface area contributed by atoms with Crippen molar-refractivity contribution in [2.24, 2.45) is 0 Å². The monoisotopic (exact) mass is 962 g/mol. The molecule has 1 heterocycles. The maximum atomic E-state index is 13.1. The molecule has 0 aromatic heterocycles. The van der Waals surface area contributed by atoms with Gasteiger partial charge in [-0.05, 0) is 19.3 Å². The first-order valence-corrected chi connectivity index (χ1v) is 28.9. The molecule has 0 radical (unpaired) electrons. The molecule has 0 bridgehead atoms. The van der Waals surface area contributed by atoms with Crippen molar-refractivity contribution in [1.82, 2.24) is 5.32 Å². The van der Waals surface area contributed by atoms with Gasteiger partial charge in [-0.1, -0.05) is 251 Å². The van der Waals surface area contributed by atoms with Crippen molar-refractivity contribution in [3.05, 3.63) is 12.2 Å². The lowest BCUT2D eigenvalue weighted by molar-refractivity contribution is -0.298. The fourth-order valence-corrected chi connectivity index (χ4v) is 9.55. The second kappa shape index (κ2) is 43.8. The summed E-state index contributed by atoms with van der Waals surface area (Å²) in [7, 11) is -5.08. The van der Waals surface area contributed by atoms with Crippen molar-refractivity contribution < 1.29 is 51.8 Å². The summed E-state index contributed by atoms with van der Waals surface area (Å²) in [6.45, 7) is 3.42. The van der Waals surface area contributed by atoms with E-state index in [1.807, 2.05) is 6.08 Å². The molecule has 0 aromatic carbocycles. The summed E-state index contributed by atoms with van der Waals surface area (Å²) in [5, 5.41) is 44.9. The largest absolute Gasteiger partial charge is 0.397 e. The number of aliphatic hydroxyl groups excluding tert-OH is 4. The highest BCUT2D eigenvalue weighted by atomic mass is 32.3. The Labute approximate surface area is 404 Å². The number of ether oxygens (including phenoxy) is 2. The quantitative estimate of drug-likeness (QED) is 0.0193. The molecule has 6 N–H and O–H groups in total. The van der Waals surface area contributed by atoms with Crippen LogP contribution >= 0.6 is 0 Å². The van der Waals surface area contributed by atoms with Crippen molar-refractivity contribution >= 4 is 16.3 Å². The van der Waals surface area contributed by atoms with E-state index in [1.54, 1.807) is 6.08 Å². The molecule has 0 saturated carbocycles. The minimum Gasteiger partial charge on any atom is -0.394 e. The van der Waals surface area contributed by atoms with E-state index in [0.29, 0.717) is 6.42 Å². The summed E-state index contributed by atoms with van der Waals surface area (Å²) in [6, 6.07) is -0.939. The molecule has 0 spiro atoms. The normalized spacial score (nSPS) is 20.0.